The number of β-lactam (4-membered cyclic amide) rings is 1. The third-order valence-electron chi connectivity index (χ3n) is 2.90. The van der Waals surface area contributed by atoms with E-state index < -0.39 is 20.7 Å². The van der Waals surface area contributed by atoms with E-state index in [1.54, 1.807) is 7.11 Å². The van der Waals surface area contributed by atoms with Crippen LogP contribution in [0.15, 0.2) is 0 Å². The number of hydrogen-bond acceptors (Lipinski definition) is 4. The molecule has 1 saturated carbocycles. The molecule has 2 aliphatic rings. The smallest absolute Gasteiger partial charge is 0.324 e. The zero-order chi connectivity index (χ0) is 10.6. The number of nitrogens with zero attached hydrogens (tertiary/aromatic N) is 1. The molecule has 0 unspecified atom stereocenters. The van der Waals surface area contributed by atoms with Crippen molar-refractivity contribution in [3.8, 4) is 0 Å². The van der Waals surface area contributed by atoms with Crippen LogP contribution in [0, 0.1) is 0 Å². The highest BCUT2D eigenvalue weighted by Gasteiger charge is 2.63. The van der Waals surface area contributed by atoms with Crippen molar-refractivity contribution in [1.29, 1.82) is 0 Å². The monoisotopic (exact) mass is 239 g/mol. The third kappa shape index (κ3) is 1.24. The van der Waals surface area contributed by atoms with E-state index in [0.717, 1.165) is 4.31 Å². The van der Waals surface area contributed by atoms with Gasteiger partial charge in [-0.25, -0.2) is 4.31 Å². The Morgan fingerprint density at radius 1 is 1.57 bits per heavy atom. The van der Waals surface area contributed by atoms with Crippen LogP contribution in [-0.4, -0.2) is 37.4 Å². The summed E-state index contributed by atoms with van der Waals surface area (Å²) in [5.41, 5.74) is -0.571. The molecule has 0 radical (unpaired) electrons. The molecular formula is C7H10ClNO4S. The van der Waals surface area contributed by atoms with E-state index in [-0.39, 0.29) is 12.5 Å². The van der Waals surface area contributed by atoms with Gasteiger partial charge in [0, 0.05) is 17.8 Å². The maximum atomic E-state index is 11.1. The Kier molecular flexibility index (Phi) is 2.06. The normalized spacial score (nSPS) is 36.9. The summed E-state index contributed by atoms with van der Waals surface area (Å²) in [5, 5.41) is 0. The Hall–Kier alpha value is -0.330. The molecule has 1 aliphatic carbocycles. The second kappa shape index (κ2) is 2.84. The number of rotatable bonds is 2. The van der Waals surface area contributed by atoms with Gasteiger partial charge in [0.25, 0.3) is 0 Å². The van der Waals surface area contributed by atoms with Gasteiger partial charge in [0.1, 0.15) is 0 Å². The summed E-state index contributed by atoms with van der Waals surface area (Å²) in [6, 6.07) is 0. The summed E-state index contributed by atoms with van der Waals surface area (Å²) in [6.07, 6.45) is 1.42. The summed E-state index contributed by atoms with van der Waals surface area (Å²) < 4.78 is 27.9. The van der Waals surface area contributed by atoms with Gasteiger partial charge in [-0.3, -0.25) is 4.79 Å². The number of methoxy groups -OCH3 is 1. The second-order valence-corrected chi connectivity index (χ2v) is 6.13. The van der Waals surface area contributed by atoms with Crippen LogP contribution in [0.1, 0.15) is 19.3 Å². The van der Waals surface area contributed by atoms with Gasteiger partial charge in [0.15, 0.2) is 0 Å². The standard InChI is InChI=1S/C7H10ClNO4S/c1-13-5-2-7(3-5)4-6(10)9(7)14(8,11)12/h5H,2-4H2,1H3. The first-order valence-corrected chi connectivity index (χ1v) is 6.46. The highest BCUT2D eigenvalue weighted by molar-refractivity contribution is 8.12. The van der Waals surface area contributed by atoms with Gasteiger partial charge in [-0.2, -0.15) is 8.42 Å². The van der Waals surface area contributed by atoms with Gasteiger partial charge in [0.05, 0.1) is 18.1 Å². The predicted octanol–water partition coefficient (Wildman–Crippen LogP) is 0.250. The lowest BCUT2D eigenvalue weighted by atomic mass is 9.67. The van der Waals surface area contributed by atoms with Crippen molar-refractivity contribution >= 4 is 25.8 Å². The van der Waals surface area contributed by atoms with Gasteiger partial charge in [0.2, 0.25) is 5.91 Å². The highest BCUT2D eigenvalue weighted by Crippen LogP contribution is 2.50. The fraction of sp³-hybridized carbons (Fsp3) is 0.857. The van der Waals surface area contributed by atoms with E-state index in [0.29, 0.717) is 12.8 Å². The molecule has 7 heteroatoms. The third-order valence-corrected chi connectivity index (χ3v) is 4.35. The van der Waals surface area contributed by atoms with Crippen LogP contribution in [0.2, 0.25) is 0 Å². The number of amides is 1. The topological polar surface area (TPSA) is 63.7 Å². The number of hydrogen-bond donors (Lipinski definition) is 0. The fourth-order valence-corrected chi connectivity index (χ4v) is 3.87. The maximum absolute atomic E-state index is 11.1. The summed E-state index contributed by atoms with van der Waals surface area (Å²) in [6.45, 7) is 0. The Bertz CT molecular complexity index is 373. The predicted molar refractivity (Wildman–Crippen MR) is 49.0 cm³/mol. The summed E-state index contributed by atoms with van der Waals surface area (Å²) in [5.74, 6) is -0.422. The van der Waals surface area contributed by atoms with Crippen molar-refractivity contribution in [3.05, 3.63) is 0 Å². The molecule has 1 saturated heterocycles. The molecule has 1 aliphatic heterocycles. The summed E-state index contributed by atoms with van der Waals surface area (Å²) >= 11 is 0. The Morgan fingerprint density at radius 2 is 2.14 bits per heavy atom. The number of ether oxygens (including phenoxy) is 1. The lowest BCUT2D eigenvalue weighted by Crippen LogP contribution is -2.71. The molecule has 14 heavy (non-hydrogen) atoms. The molecule has 0 aromatic carbocycles. The van der Waals surface area contributed by atoms with Crippen molar-refractivity contribution in [3.63, 3.8) is 0 Å². The molecule has 1 heterocycles. The summed E-state index contributed by atoms with van der Waals surface area (Å²) in [4.78, 5) is 11.1. The van der Waals surface area contributed by atoms with Gasteiger partial charge in [-0.05, 0) is 12.8 Å². The molecule has 0 aromatic heterocycles. The quantitative estimate of drug-likeness (QED) is 0.512. The second-order valence-electron chi connectivity index (χ2n) is 3.77. The van der Waals surface area contributed by atoms with Crippen LogP contribution in [0.25, 0.3) is 0 Å². The van der Waals surface area contributed by atoms with E-state index >= 15 is 0 Å². The fourth-order valence-electron chi connectivity index (χ4n) is 2.22. The maximum Gasteiger partial charge on any atom is 0.324 e. The molecule has 2 rings (SSSR count). The molecule has 0 atom stereocenters. The number of carbonyl (C=O) groups is 1. The van der Waals surface area contributed by atoms with Crippen molar-refractivity contribution in [2.75, 3.05) is 7.11 Å². The molecule has 1 spiro atoms. The van der Waals surface area contributed by atoms with Crippen LogP contribution >= 0.6 is 10.7 Å². The first-order chi connectivity index (χ1) is 6.39. The van der Waals surface area contributed by atoms with E-state index in [4.69, 9.17) is 15.4 Å². The first-order valence-electron chi connectivity index (χ1n) is 4.20. The lowest BCUT2D eigenvalue weighted by Gasteiger charge is -2.57. The van der Waals surface area contributed by atoms with Gasteiger partial charge >= 0.3 is 9.24 Å². The van der Waals surface area contributed by atoms with Crippen LogP contribution in [0.3, 0.4) is 0 Å². The molecule has 0 aromatic rings. The molecule has 0 N–H and O–H groups in total. The Morgan fingerprint density at radius 3 is 2.50 bits per heavy atom. The Labute approximate surface area is 86.5 Å². The zero-order valence-corrected chi connectivity index (χ0v) is 9.14. The average Bonchev–Trinajstić information content (AvgIpc) is 1.90. The minimum Gasteiger partial charge on any atom is -0.381 e. The van der Waals surface area contributed by atoms with Gasteiger partial charge in [-0.15, -0.1) is 0 Å². The Balaban J connectivity index is 2.15. The largest absolute Gasteiger partial charge is 0.381 e. The van der Waals surface area contributed by atoms with Crippen LogP contribution in [0.4, 0.5) is 0 Å². The van der Waals surface area contributed by atoms with E-state index in [9.17, 15) is 13.2 Å². The van der Waals surface area contributed by atoms with Gasteiger partial charge in [-0.1, -0.05) is 0 Å². The van der Waals surface area contributed by atoms with Crippen molar-refractivity contribution < 1.29 is 17.9 Å². The lowest BCUT2D eigenvalue weighted by molar-refractivity contribution is -0.163. The van der Waals surface area contributed by atoms with Crippen molar-refractivity contribution in [2.24, 2.45) is 0 Å². The minimum atomic E-state index is -3.91. The van der Waals surface area contributed by atoms with E-state index in [2.05, 4.69) is 0 Å². The SMILES string of the molecule is COC1CC2(CC(=O)N2S(=O)(=O)Cl)C1. The van der Waals surface area contributed by atoms with E-state index in [1.165, 1.54) is 0 Å². The molecule has 80 valence electrons. The molecular weight excluding hydrogens is 230 g/mol. The molecule has 0 bridgehead atoms. The first kappa shape index (κ1) is 10.2. The van der Waals surface area contributed by atoms with Crippen LogP contribution in [-0.2, 0) is 18.8 Å². The highest BCUT2D eigenvalue weighted by atomic mass is 35.7. The zero-order valence-electron chi connectivity index (χ0n) is 7.57. The van der Waals surface area contributed by atoms with Gasteiger partial charge < -0.3 is 4.74 Å². The summed E-state index contributed by atoms with van der Waals surface area (Å²) in [7, 11) is 2.81. The van der Waals surface area contributed by atoms with Crippen molar-refractivity contribution in [1.82, 2.24) is 4.31 Å². The molecule has 1 amide bonds. The molecule has 2 fully saturated rings. The number of carbonyl (C=O) groups excluding carboxylic acids is 1. The minimum absolute atomic E-state index is 0.0454. The molecule has 5 nitrogen and oxygen atoms in total. The van der Waals surface area contributed by atoms with Crippen LogP contribution in [0.5, 0.6) is 0 Å². The average molecular weight is 240 g/mol. The number of halogens is 1. The van der Waals surface area contributed by atoms with Crippen molar-refractivity contribution in [2.45, 2.75) is 30.9 Å². The van der Waals surface area contributed by atoms with E-state index in [1.807, 2.05) is 0 Å². The van der Waals surface area contributed by atoms with Crippen LogP contribution < -0.4 is 0 Å².